The molecule has 0 radical (unpaired) electrons. The number of carbonyl (C=O) groups is 1. The molecule has 1 aromatic rings. The van der Waals surface area contributed by atoms with Gasteiger partial charge in [0.2, 0.25) is 5.91 Å². The van der Waals surface area contributed by atoms with Crippen molar-refractivity contribution in [3.63, 3.8) is 0 Å². The first-order valence-corrected chi connectivity index (χ1v) is 7.82. The largest absolute Gasteiger partial charge is 0.398 e. The third kappa shape index (κ3) is 2.09. The molecule has 0 bridgehead atoms. The summed E-state index contributed by atoms with van der Waals surface area (Å²) in [6.07, 6.45) is 6.43. The fourth-order valence-electron chi connectivity index (χ4n) is 3.92. The quantitative estimate of drug-likeness (QED) is 0.841. The van der Waals surface area contributed by atoms with E-state index in [0.29, 0.717) is 5.91 Å². The summed E-state index contributed by atoms with van der Waals surface area (Å²) in [6.45, 7) is 3.72. The molecule has 0 atom stereocenters. The molecule has 3 rings (SSSR count). The lowest BCUT2D eigenvalue weighted by molar-refractivity contribution is -0.143. The maximum absolute atomic E-state index is 12.9. The summed E-state index contributed by atoms with van der Waals surface area (Å²) < 4.78 is 0. The summed E-state index contributed by atoms with van der Waals surface area (Å²) in [6, 6.07) is 6.06. The van der Waals surface area contributed by atoms with Gasteiger partial charge in [-0.2, -0.15) is 0 Å². The van der Waals surface area contributed by atoms with Crippen LogP contribution in [0.4, 0.5) is 5.69 Å². The summed E-state index contributed by atoms with van der Waals surface area (Å²) >= 11 is 0. The molecular formula is C17H24N2O. The van der Waals surface area contributed by atoms with Crippen LogP contribution in [0.3, 0.4) is 0 Å². The molecule has 108 valence electrons. The number of fused-ring (bicyclic) bond motifs is 1. The highest BCUT2D eigenvalue weighted by molar-refractivity contribution is 5.83. The van der Waals surface area contributed by atoms with E-state index in [1.54, 1.807) is 0 Å². The van der Waals surface area contributed by atoms with E-state index in [-0.39, 0.29) is 5.41 Å². The SMILES string of the molecule is CCC1(C(=O)N2CCc3c(N)cccc3C2)CCCC1. The number of nitrogen functional groups attached to an aromatic ring is 1. The summed E-state index contributed by atoms with van der Waals surface area (Å²) in [5.41, 5.74) is 9.31. The van der Waals surface area contributed by atoms with Crippen LogP contribution in [-0.4, -0.2) is 17.4 Å². The van der Waals surface area contributed by atoms with Crippen LogP contribution in [0.25, 0.3) is 0 Å². The number of amides is 1. The maximum Gasteiger partial charge on any atom is 0.229 e. The average Bonchev–Trinajstić information content (AvgIpc) is 2.96. The van der Waals surface area contributed by atoms with E-state index in [1.165, 1.54) is 24.0 Å². The van der Waals surface area contributed by atoms with Crippen molar-refractivity contribution in [1.82, 2.24) is 4.90 Å². The lowest BCUT2D eigenvalue weighted by Crippen LogP contribution is -2.44. The number of hydrogen-bond donors (Lipinski definition) is 1. The predicted octanol–water partition coefficient (Wildman–Crippen LogP) is 3.12. The molecule has 0 unspecified atom stereocenters. The Labute approximate surface area is 121 Å². The van der Waals surface area contributed by atoms with Gasteiger partial charge in [0.15, 0.2) is 0 Å². The minimum atomic E-state index is -0.0716. The van der Waals surface area contributed by atoms with Crippen molar-refractivity contribution in [3.05, 3.63) is 29.3 Å². The van der Waals surface area contributed by atoms with Crippen LogP contribution in [0.5, 0.6) is 0 Å². The van der Waals surface area contributed by atoms with Crippen molar-refractivity contribution >= 4 is 11.6 Å². The second kappa shape index (κ2) is 5.12. The molecule has 1 aliphatic carbocycles. The van der Waals surface area contributed by atoms with Gasteiger partial charge in [-0.1, -0.05) is 31.9 Å². The fraction of sp³-hybridized carbons (Fsp3) is 0.588. The van der Waals surface area contributed by atoms with Crippen LogP contribution in [0.1, 0.15) is 50.2 Å². The molecule has 2 N–H and O–H groups in total. The molecule has 0 saturated heterocycles. The highest BCUT2D eigenvalue weighted by Crippen LogP contribution is 2.43. The van der Waals surface area contributed by atoms with Gasteiger partial charge in [0.05, 0.1) is 0 Å². The zero-order valence-corrected chi connectivity index (χ0v) is 12.3. The zero-order valence-electron chi connectivity index (χ0n) is 12.3. The van der Waals surface area contributed by atoms with Crippen LogP contribution < -0.4 is 5.73 Å². The van der Waals surface area contributed by atoms with Gasteiger partial charge < -0.3 is 10.6 Å². The molecule has 1 aliphatic heterocycles. The van der Waals surface area contributed by atoms with Crippen molar-refractivity contribution in [2.24, 2.45) is 5.41 Å². The van der Waals surface area contributed by atoms with E-state index in [2.05, 4.69) is 17.9 Å². The predicted molar refractivity (Wildman–Crippen MR) is 81.2 cm³/mol. The molecule has 1 heterocycles. The van der Waals surface area contributed by atoms with Crippen molar-refractivity contribution in [2.45, 2.75) is 52.0 Å². The Morgan fingerprint density at radius 1 is 1.35 bits per heavy atom. The number of carbonyl (C=O) groups excluding carboxylic acids is 1. The van der Waals surface area contributed by atoms with Gasteiger partial charge in [0.25, 0.3) is 0 Å². The number of nitrogens with two attached hydrogens (primary N) is 1. The third-order valence-corrected chi connectivity index (χ3v) is 5.28. The molecule has 0 spiro atoms. The summed E-state index contributed by atoms with van der Waals surface area (Å²) in [5.74, 6) is 0.380. The normalized spacial score (nSPS) is 20.8. The van der Waals surface area contributed by atoms with E-state index < -0.39 is 0 Å². The number of benzene rings is 1. The molecule has 1 aromatic carbocycles. The second-order valence-electron chi connectivity index (χ2n) is 6.30. The van der Waals surface area contributed by atoms with Crippen LogP contribution in [0, 0.1) is 5.41 Å². The molecule has 3 nitrogen and oxygen atoms in total. The number of anilines is 1. The number of nitrogens with zero attached hydrogens (tertiary/aromatic N) is 1. The Kier molecular flexibility index (Phi) is 3.45. The van der Waals surface area contributed by atoms with Crippen molar-refractivity contribution in [1.29, 1.82) is 0 Å². The van der Waals surface area contributed by atoms with Gasteiger partial charge in [-0.3, -0.25) is 4.79 Å². The Morgan fingerprint density at radius 3 is 2.80 bits per heavy atom. The number of hydrogen-bond acceptors (Lipinski definition) is 2. The second-order valence-corrected chi connectivity index (χ2v) is 6.30. The summed E-state index contributed by atoms with van der Waals surface area (Å²) in [5, 5.41) is 0. The first kappa shape index (κ1) is 13.5. The highest BCUT2D eigenvalue weighted by Gasteiger charge is 2.42. The van der Waals surface area contributed by atoms with Gasteiger partial charge in [0.1, 0.15) is 0 Å². The van der Waals surface area contributed by atoms with Crippen LogP contribution in [0.15, 0.2) is 18.2 Å². The van der Waals surface area contributed by atoms with Crippen LogP contribution >= 0.6 is 0 Å². The van der Waals surface area contributed by atoms with Crippen molar-refractivity contribution < 1.29 is 4.79 Å². The van der Waals surface area contributed by atoms with Gasteiger partial charge in [-0.15, -0.1) is 0 Å². The van der Waals surface area contributed by atoms with E-state index in [0.717, 1.165) is 44.5 Å². The molecule has 20 heavy (non-hydrogen) atoms. The van der Waals surface area contributed by atoms with E-state index in [4.69, 9.17) is 5.73 Å². The molecule has 2 aliphatic rings. The average molecular weight is 272 g/mol. The molecule has 1 fully saturated rings. The minimum absolute atomic E-state index is 0.0716. The van der Waals surface area contributed by atoms with E-state index in [1.807, 2.05) is 12.1 Å². The van der Waals surface area contributed by atoms with Crippen LogP contribution in [-0.2, 0) is 17.8 Å². The molecule has 1 saturated carbocycles. The highest BCUT2D eigenvalue weighted by atomic mass is 16.2. The van der Waals surface area contributed by atoms with Gasteiger partial charge in [-0.25, -0.2) is 0 Å². The molecule has 1 amide bonds. The Morgan fingerprint density at radius 2 is 2.10 bits per heavy atom. The lowest BCUT2D eigenvalue weighted by Gasteiger charge is -2.37. The van der Waals surface area contributed by atoms with Crippen molar-refractivity contribution in [3.8, 4) is 0 Å². The zero-order chi connectivity index (χ0) is 14.2. The minimum Gasteiger partial charge on any atom is -0.398 e. The Hall–Kier alpha value is -1.51. The van der Waals surface area contributed by atoms with Gasteiger partial charge in [-0.05, 0) is 42.9 Å². The smallest absolute Gasteiger partial charge is 0.229 e. The summed E-state index contributed by atoms with van der Waals surface area (Å²) in [4.78, 5) is 15.0. The van der Waals surface area contributed by atoms with Gasteiger partial charge >= 0.3 is 0 Å². The van der Waals surface area contributed by atoms with E-state index >= 15 is 0 Å². The third-order valence-electron chi connectivity index (χ3n) is 5.28. The summed E-state index contributed by atoms with van der Waals surface area (Å²) in [7, 11) is 0. The standard InChI is InChI=1S/C17H24N2O/c1-2-17(9-3-4-10-17)16(20)19-11-8-14-13(12-19)6-5-7-15(14)18/h5-7H,2-4,8-12,18H2,1H3. The Balaban J connectivity index is 1.81. The van der Waals surface area contributed by atoms with Crippen LogP contribution in [0.2, 0.25) is 0 Å². The topological polar surface area (TPSA) is 46.3 Å². The molecule has 3 heteroatoms. The van der Waals surface area contributed by atoms with E-state index in [9.17, 15) is 4.79 Å². The first-order valence-electron chi connectivity index (χ1n) is 7.82. The Bertz CT molecular complexity index is 518. The van der Waals surface area contributed by atoms with Crippen molar-refractivity contribution in [2.75, 3.05) is 12.3 Å². The molecule has 0 aromatic heterocycles. The first-order chi connectivity index (χ1) is 9.66. The fourth-order valence-corrected chi connectivity index (χ4v) is 3.92. The molecular weight excluding hydrogens is 248 g/mol. The van der Waals surface area contributed by atoms with Gasteiger partial charge in [0, 0.05) is 24.2 Å². The lowest BCUT2D eigenvalue weighted by atomic mass is 9.81. The maximum atomic E-state index is 12.9. The number of rotatable bonds is 2. The monoisotopic (exact) mass is 272 g/mol.